The molecule has 2 aromatic heterocycles. The van der Waals surface area contributed by atoms with Crippen LogP contribution >= 0.6 is 0 Å². The van der Waals surface area contributed by atoms with Gasteiger partial charge in [-0.05, 0) is 31.5 Å². The second kappa shape index (κ2) is 7.92. The van der Waals surface area contributed by atoms with Gasteiger partial charge in [-0.25, -0.2) is 9.97 Å². The van der Waals surface area contributed by atoms with Crippen LogP contribution in [0.4, 0.5) is 11.6 Å². The number of rotatable bonds is 5. The van der Waals surface area contributed by atoms with Gasteiger partial charge in [-0.2, -0.15) is 0 Å². The third-order valence-corrected chi connectivity index (χ3v) is 4.45. The second-order valence-corrected chi connectivity index (χ2v) is 6.20. The zero-order valence-corrected chi connectivity index (χ0v) is 14.7. The van der Waals surface area contributed by atoms with Gasteiger partial charge < -0.3 is 15.1 Å². The monoisotopic (exact) mass is 340 g/mol. The minimum Gasteiger partial charge on any atom is -0.368 e. The number of nitrogens with zero attached hydrogens (tertiary/aromatic N) is 5. The maximum Gasteiger partial charge on any atom is 0.270 e. The van der Waals surface area contributed by atoms with Crippen molar-refractivity contribution in [3.8, 4) is 0 Å². The fraction of sp³-hybridized carbons (Fsp3) is 0.444. The molecule has 25 heavy (non-hydrogen) atoms. The summed E-state index contributed by atoms with van der Waals surface area (Å²) >= 11 is 0. The molecule has 1 fully saturated rings. The number of nitrogens with one attached hydrogen (secondary N) is 1. The van der Waals surface area contributed by atoms with Crippen LogP contribution in [-0.2, 0) is 0 Å². The average Bonchev–Trinajstić information content (AvgIpc) is 2.68. The van der Waals surface area contributed by atoms with Gasteiger partial charge in [-0.1, -0.05) is 6.92 Å². The zero-order valence-electron chi connectivity index (χ0n) is 14.7. The van der Waals surface area contributed by atoms with E-state index < -0.39 is 0 Å². The zero-order chi connectivity index (χ0) is 17.6. The molecule has 1 N–H and O–H groups in total. The van der Waals surface area contributed by atoms with E-state index in [2.05, 4.69) is 30.1 Å². The Morgan fingerprint density at radius 2 is 1.80 bits per heavy atom. The van der Waals surface area contributed by atoms with Gasteiger partial charge in [0, 0.05) is 56.5 Å². The molecule has 3 rings (SSSR count). The fourth-order valence-corrected chi connectivity index (χ4v) is 2.76. The average molecular weight is 340 g/mol. The van der Waals surface area contributed by atoms with Crippen LogP contribution in [0.3, 0.4) is 0 Å². The van der Waals surface area contributed by atoms with Gasteiger partial charge in [0.25, 0.3) is 5.91 Å². The summed E-state index contributed by atoms with van der Waals surface area (Å²) in [5, 5.41) is 2.96. The van der Waals surface area contributed by atoms with Crippen LogP contribution in [0.25, 0.3) is 0 Å². The number of piperazine rings is 1. The lowest BCUT2D eigenvalue weighted by atomic mass is 10.2. The number of amides is 1. The Hall–Kier alpha value is -2.70. The smallest absolute Gasteiger partial charge is 0.270 e. The largest absolute Gasteiger partial charge is 0.368 e. The summed E-state index contributed by atoms with van der Waals surface area (Å²) in [5.41, 5.74) is 1.49. The number of carbonyl (C=O) groups excluding carboxylic acids is 1. The molecule has 1 amide bonds. The van der Waals surface area contributed by atoms with Crippen molar-refractivity contribution in [3.05, 3.63) is 42.5 Å². The molecule has 0 radical (unpaired) electrons. The number of aromatic nitrogens is 3. The Morgan fingerprint density at radius 3 is 2.48 bits per heavy atom. The van der Waals surface area contributed by atoms with Crippen molar-refractivity contribution < 1.29 is 4.79 Å². The molecule has 1 unspecified atom stereocenters. The highest BCUT2D eigenvalue weighted by molar-refractivity contribution is 5.93. The summed E-state index contributed by atoms with van der Waals surface area (Å²) in [4.78, 5) is 29.5. The van der Waals surface area contributed by atoms with E-state index in [0.717, 1.165) is 44.2 Å². The Morgan fingerprint density at radius 1 is 1.12 bits per heavy atom. The SMILES string of the molecule is CCC(C)NC(=O)c1cc(N2CCN(c3ncccn3)CC2)ccn1. The molecule has 0 aromatic carbocycles. The molecule has 1 saturated heterocycles. The van der Waals surface area contributed by atoms with E-state index in [-0.39, 0.29) is 11.9 Å². The summed E-state index contributed by atoms with van der Waals surface area (Å²) in [6.45, 7) is 7.45. The Bertz CT molecular complexity index is 700. The summed E-state index contributed by atoms with van der Waals surface area (Å²) < 4.78 is 0. The lowest BCUT2D eigenvalue weighted by Gasteiger charge is -2.36. The predicted molar refractivity (Wildman–Crippen MR) is 97.9 cm³/mol. The quantitative estimate of drug-likeness (QED) is 0.893. The molecular weight excluding hydrogens is 316 g/mol. The highest BCUT2D eigenvalue weighted by Crippen LogP contribution is 2.18. The van der Waals surface area contributed by atoms with Crippen molar-refractivity contribution in [1.82, 2.24) is 20.3 Å². The molecule has 7 heteroatoms. The highest BCUT2D eigenvalue weighted by Gasteiger charge is 2.20. The van der Waals surface area contributed by atoms with Gasteiger partial charge in [0.2, 0.25) is 5.95 Å². The third kappa shape index (κ3) is 4.23. The third-order valence-electron chi connectivity index (χ3n) is 4.45. The van der Waals surface area contributed by atoms with Crippen LogP contribution < -0.4 is 15.1 Å². The van der Waals surface area contributed by atoms with Crippen LogP contribution in [0.2, 0.25) is 0 Å². The summed E-state index contributed by atoms with van der Waals surface area (Å²) in [6.07, 6.45) is 6.13. The Kier molecular flexibility index (Phi) is 5.42. The molecule has 0 spiro atoms. The molecule has 1 atom stereocenters. The maximum absolute atomic E-state index is 12.3. The fourth-order valence-electron chi connectivity index (χ4n) is 2.76. The normalized spacial score (nSPS) is 15.8. The van der Waals surface area contributed by atoms with E-state index in [4.69, 9.17) is 0 Å². The van der Waals surface area contributed by atoms with Crippen molar-refractivity contribution in [3.63, 3.8) is 0 Å². The van der Waals surface area contributed by atoms with Gasteiger partial charge in [0.15, 0.2) is 0 Å². The Balaban J connectivity index is 1.64. The van der Waals surface area contributed by atoms with E-state index in [1.165, 1.54) is 0 Å². The minimum atomic E-state index is -0.118. The van der Waals surface area contributed by atoms with Crippen molar-refractivity contribution in [2.75, 3.05) is 36.0 Å². The molecule has 1 aliphatic rings. The number of carbonyl (C=O) groups is 1. The molecular formula is C18H24N6O. The molecule has 1 aliphatic heterocycles. The molecule has 7 nitrogen and oxygen atoms in total. The lowest BCUT2D eigenvalue weighted by molar-refractivity contribution is 0.0934. The van der Waals surface area contributed by atoms with E-state index in [9.17, 15) is 4.79 Å². The van der Waals surface area contributed by atoms with Crippen LogP contribution in [0.5, 0.6) is 0 Å². The molecule has 0 saturated carbocycles. The standard InChI is InChI=1S/C18H24N6O/c1-3-14(2)22-17(25)16-13-15(5-8-19-16)23-9-11-24(12-10-23)18-20-6-4-7-21-18/h4-8,13-14H,3,9-12H2,1-2H3,(H,22,25). The van der Waals surface area contributed by atoms with Crippen molar-refractivity contribution in [2.24, 2.45) is 0 Å². The van der Waals surface area contributed by atoms with E-state index in [1.807, 2.05) is 32.0 Å². The van der Waals surface area contributed by atoms with Gasteiger partial charge in [0.05, 0.1) is 0 Å². The van der Waals surface area contributed by atoms with Crippen LogP contribution in [0.15, 0.2) is 36.8 Å². The molecule has 3 heterocycles. The van der Waals surface area contributed by atoms with E-state index >= 15 is 0 Å². The maximum atomic E-state index is 12.3. The van der Waals surface area contributed by atoms with E-state index in [0.29, 0.717) is 5.69 Å². The van der Waals surface area contributed by atoms with Gasteiger partial charge in [0.1, 0.15) is 5.69 Å². The van der Waals surface area contributed by atoms with Crippen LogP contribution in [0, 0.1) is 0 Å². The predicted octanol–water partition coefficient (Wildman–Crippen LogP) is 1.73. The first-order valence-electron chi connectivity index (χ1n) is 8.71. The summed E-state index contributed by atoms with van der Waals surface area (Å²) in [7, 11) is 0. The lowest BCUT2D eigenvalue weighted by Crippen LogP contribution is -2.47. The Labute approximate surface area is 148 Å². The van der Waals surface area contributed by atoms with Crippen molar-refractivity contribution in [2.45, 2.75) is 26.3 Å². The van der Waals surface area contributed by atoms with E-state index in [1.54, 1.807) is 18.6 Å². The summed E-state index contributed by atoms with van der Waals surface area (Å²) in [5.74, 6) is 0.651. The van der Waals surface area contributed by atoms with Crippen molar-refractivity contribution >= 4 is 17.5 Å². The first kappa shape index (κ1) is 17.1. The second-order valence-electron chi connectivity index (χ2n) is 6.20. The number of anilines is 2. The number of pyridine rings is 1. The van der Waals surface area contributed by atoms with Gasteiger partial charge in [-0.15, -0.1) is 0 Å². The van der Waals surface area contributed by atoms with Crippen molar-refractivity contribution in [1.29, 1.82) is 0 Å². The first-order valence-corrected chi connectivity index (χ1v) is 8.71. The topological polar surface area (TPSA) is 74.2 Å². The minimum absolute atomic E-state index is 0.118. The first-order chi connectivity index (χ1) is 12.2. The number of hydrogen-bond donors (Lipinski definition) is 1. The van der Waals surface area contributed by atoms with Gasteiger partial charge in [-0.3, -0.25) is 9.78 Å². The molecule has 2 aromatic rings. The molecule has 132 valence electrons. The van der Waals surface area contributed by atoms with Crippen LogP contribution in [-0.4, -0.2) is 53.1 Å². The highest BCUT2D eigenvalue weighted by atomic mass is 16.1. The van der Waals surface area contributed by atoms with Crippen LogP contribution in [0.1, 0.15) is 30.8 Å². The molecule has 0 aliphatic carbocycles. The molecule has 0 bridgehead atoms. The summed E-state index contributed by atoms with van der Waals surface area (Å²) in [6, 6.07) is 5.79. The number of hydrogen-bond acceptors (Lipinski definition) is 6. The van der Waals surface area contributed by atoms with Gasteiger partial charge >= 0.3 is 0 Å².